The van der Waals surface area contributed by atoms with Crippen molar-refractivity contribution in [3.05, 3.63) is 12.2 Å². The Morgan fingerprint density at radius 2 is 1.61 bits per heavy atom. The lowest BCUT2D eigenvalue weighted by Crippen LogP contribution is -2.64. The summed E-state index contributed by atoms with van der Waals surface area (Å²) in [5.41, 5.74) is 0.817. The summed E-state index contributed by atoms with van der Waals surface area (Å²) in [5.74, 6) is 1.77. The molecule has 4 nitrogen and oxygen atoms in total. The molecule has 0 radical (unpaired) electrons. The van der Waals surface area contributed by atoms with Crippen molar-refractivity contribution in [1.82, 2.24) is 0 Å². The van der Waals surface area contributed by atoms with Crippen LogP contribution in [-0.4, -0.2) is 34.0 Å². The maximum absolute atomic E-state index is 11.9. The maximum Gasteiger partial charge on any atom is 0.303 e. The fourth-order valence-electron chi connectivity index (χ4n) is 10.7. The monoisotopic (exact) mass is 502 g/mol. The van der Waals surface area contributed by atoms with Crippen molar-refractivity contribution in [1.29, 1.82) is 0 Å². The molecule has 4 rings (SSSR count). The van der Waals surface area contributed by atoms with Gasteiger partial charge in [-0.3, -0.25) is 4.79 Å². The van der Waals surface area contributed by atoms with Crippen LogP contribution in [-0.2, 0) is 9.53 Å². The molecule has 4 saturated carbocycles. The maximum atomic E-state index is 11.9. The molecule has 4 heteroatoms. The summed E-state index contributed by atoms with van der Waals surface area (Å²) in [4.78, 5) is 11.6. The van der Waals surface area contributed by atoms with Gasteiger partial charge in [0.05, 0.1) is 11.7 Å². The van der Waals surface area contributed by atoms with Gasteiger partial charge < -0.3 is 14.9 Å². The van der Waals surface area contributed by atoms with Crippen LogP contribution in [0.15, 0.2) is 12.2 Å². The quantitative estimate of drug-likeness (QED) is 0.301. The second kappa shape index (κ2) is 9.11. The first-order valence-electron chi connectivity index (χ1n) is 14.7. The van der Waals surface area contributed by atoms with E-state index < -0.39 is 5.60 Å². The van der Waals surface area contributed by atoms with Gasteiger partial charge in [0.2, 0.25) is 0 Å². The molecule has 0 spiro atoms. The number of aliphatic hydroxyl groups is 2. The van der Waals surface area contributed by atoms with Gasteiger partial charge in [-0.2, -0.15) is 0 Å². The van der Waals surface area contributed by atoms with E-state index in [4.69, 9.17) is 4.74 Å². The number of aliphatic hydroxyl groups excluding tert-OH is 1. The summed E-state index contributed by atoms with van der Waals surface area (Å²) < 4.78 is 5.50. The molecular formula is C32H54O4. The van der Waals surface area contributed by atoms with Crippen molar-refractivity contribution >= 4 is 5.97 Å². The van der Waals surface area contributed by atoms with E-state index in [9.17, 15) is 15.0 Å². The Labute approximate surface area is 220 Å². The zero-order chi connectivity index (χ0) is 26.9. The third kappa shape index (κ3) is 4.12. The van der Waals surface area contributed by atoms with E-state index in [0.29, 0.717) is 30.6 Å². The number of esters is 1. The van der Waals surface area contributed by atoms with Gasteiger partial charge in [-0.25, -0.2) is 0 Å². The Hall–Kier alpha value is -0.870. The molecule has 0 amide bonds. The number of hydrogen-bond donors (Lipinski definition) is 2. The van der Waals surface area contributed by atoms with Crippen LogP contribution in [0.3, 0.4) is 0 Å². The molecule has 0 bridgehead atoms. The first kappa shape index (κ1) is 28.1. The number of fused-ring (bicyclic) bond motifs is 5. The Kier molecular flexibility index (Phi) is 7.12. The highest BCUT2D eigenvalue weighted by molar-refractivity contribution is 5.66. The smallest absolute Gasteiger partial charge is 0.303 e. The van der Waals surface area contributed by atoms with Crippen molar-refractivity contribution < 1.29 is 19.7 Å². The predicted molar refractivity (Wildman–Crippen MR) is 145 cm³/mol. The molecule has 206 valence electrons. The highest BCUT2D eigenvalue weighted by atomic mass is 16.5. The molecule has 0 aliphatic heterocycles. The van der Waals surface area contributed by atoms with Crippen LogP contribution < -0.4 is 0 Å². The molecule has 36 heavy (non-hydrogen) atoms. The van der Waals surface area contributed by atoms with E-state index in [1.807, 2.05) is 13.8 Å². The van der Waals surface area contributed by atoms with Gasteiger partial charge >= 0.3 is 5.97 Å². The minimum absolute atomic E-state index is 0.0181. The molecule has 4 fully saturated rings. The van der Waals surface area contributed by atoms with Gasteiger partial charge in [0, 0.05) is 6.92 Å². The standard InChI is InChI=1S/C32H54O4/c1-20(2)24(36-21(3)33)13-19-32(9,35)23-12-17-30(7)22(23)10-11-26-29(6)16-15-27(34)28(4,5)25(29)14-18-31(26,30)8/h22-27,34-35H,1,10-19H2,2-9H3/t22-,23+,24+,25+,26-,27-,29+,30-,31-,32+/m1/s1. The zero-order valence-electron chi connectivity index (χ0n) is 24.5. The summed E-state index contributed by atoms with van der Waals surface area (Å²) in [5, 5.41) is 22.7. The minimum Gasteiger partial charge on any atom is -0.458 e. The van der Waals surface area contributed by atoms with Crippen LogP contribution in [0.5, 0.6) is 0 Å². The largest absolute Gasteiger partial charge is 0.458 e. The lowest BCUT2D eigenvalue weighted by molar-refractivity contribution is -0.225. The summed E-state index contributed by atoms with van der Waals surface area (Å²) in [6.45, 7) is 21.7. The Balaban J connectivity index is 1.56. The zero-order valence-corrected chi connectivity index (χ0v) is 24.5. The highest BCUT2D eigenvalue weighted by Gasteiger charge is 2.69. The summed E-state index contributed by atoms with van der Waals surface area (Å²) in [6.07, 6.45) is 9.95. The average Bonchev–Trinajstić information content (AvgIpc) is 3.13. The number of rotatable bonds is 6. The van der Waals surface area contributed by atoms with Crippen molar-refractivity contribution in [3.63, 3.8) is 0 Å². The van der Waals surface area contributed by atoms with Gasteiger partial charge in [0.25, 0.3) is 0 Å². The van der Waals surface area contributed by atoms with E-state index >= 15 is 0 Å². The van der Waals surface area contributed by atoms with Gasteiger partial charge in [0.1, 0.15) is 6.10 Å². The molecule has 0 aromatic rings. The fourth-order valence-corrected chi connectivity index (χ4v) is 10.7. The van der Waals surface area contributed by atoms with Crippen LogP contribution >= 0.6 is 0 Å². The summed E-state index contributed by atoms with van der Waals surface area (Å²) in [6, 6.07) is 0. The van der Waals surface area contributed by atoms with Gasteiger partial charge in [-0.1, -0.05) is 41.2 Å². The lowest BCUT2D eigenvalue weighted by atomic mass is 9.35. The number of carbonyl (C=O) groups excluding carboxylic acids is 1. The van der Waals surface area contributed by atoms with Crippen LogP contribution in [0.1, 0.15) is 120 Å². The van der Waals surface area contributed by atoms with E-state index in [1.54, 1.807) is 0 Å². The van der Waals surface area contributed by atoms with E-state index in [-0.39, 0.29) is 45.8 Å². The van der Waals surface area contributed by atoms with Crippen LogP contribution in [0.2, 0.25) is 0 Å². The first-order chi connectivity index (χ1) is 16.5. The molecule has 4 aliphatic rings. The van der Waals surface area contributed by atoms with Crippen molar-refractivity contribution in [2.75, 3.05) is 0 Å². The van der Waals surface area contributed by atoms with E-state index in [2.05, 4.69) is 41.2 Å². The minimum atomic E-state index is -0.780. The Bertz CT molecular complexity index is 875. The van der Waals surface area contributed by atoms with Gasteiger partial charge in [-0.05, 0) is 129 Å². The summed E-state index contributed by atoms with van der Waals surface area (Å²) in [7, 11) is 0. The number of hydrogen-bond acceptors (Lipinski definition) is 4. The molecule has 0 unspecified atom stereocenters. The average molecular weight is 503 g/mol. The lowest BCUT2D eigenvalue weighted by Gasteiger charge is -2.70. The topological polar surface area (TPSA) is 66.8 Å². The molecule has 4 aliphatic carbocycles. The number of carbonyl (C=O) groups is 1. The molecular weight excluding hydrogens is 448 g/mol. The third-order valence-corrected chi connectivity index (χ3v) is 12.9. The van der Waals surface area contributed by atoms with Crippen molar-refractivity contribution in [3.8, 4) is 0 Å². The fraction of sp³-hybridized carbons (Fsp3) is 0.906. The van der Waals surface area contributed by atoms with Crippen molar-refractivity contribution in [2.45, 2.75) is 137 Å². The van der Waals surface area contributed by atoms with Crippen LogP contribution in [0.4, 0.5) is 0 Å². The Morgan fingerprint density at radius 3 is 2.22 bits per heavy atom. The predicted octanol–water partition coefficient (Wildman–Crippen LogP) is 7.07. The molecule has 2 N–H and O–H groups in total. The molecule has 0 saturated heterocycles. The van der Waals surface area contributed by atoms with Gasteiger partial charge in [-0.15, -0.1) is 0 Å². The van der Waals surface area contributed by atoms with E-state index in [0.717, 1.165) is 24.8 Å². The molecule has 10 atom stereocenters. The first-order valence-corrected chi connectivity index (χ1v) is 14.7. The molecule has 0 aromatic carbocycles. The van der Waals surface area contributed by atoms with Crippen molar-refractivity contribution in [2.24, 2.45) is 45.3 Å². The second-order valence-corrected chi connectivity index (χ2v) is 15.0. The molecule has 0 aromatic heterocycles. The summed E-state index contributed by atoms with van der Waals surface area (Å²) >= 11 is 0. The van der Waals surface area contributed by atoms with Crippen LogP contribution in [0.25, 0.3) is 0 Å². The number of ether oxygens (including phenoxy) is 1. The second-order valence-electron chi connectivity index (χ2n) is 15.0. The highest BCUT2D eigenvalue weighted by Crippen LogP contribution is 2.75. The third-order valence-electron chi connectivity index (χ3n) is 12.9. The van der Waals surface area contributed by atoms with Crippen LogP contribution in [0, 0.1) is 45.3 Å². The van der Waals surface area contributed by atoms with E-state index in [1.165, 1.54) is 39.0 Å². The SMILES string of the molecule is C=C(C)[C@H](CC[C@](C)(O)[C@H]1CC[C@]2(C)[C@@H]1CC[C@@H]1[C@@]3(C)CC[C@@H](O)C(C)(C)[C@@H]3CC[C@]12C)OC(C)=O. The Morgan fingerprint density at radius 1 is 0.972 bits per heavy atom. The molecule has 0 heterocycles. The van der Waals surface area contributed by atoms with Gasteiger partial charge in [0.15, 0.2) is 0 Å². The normalized spacial score (nSPS) is 46.0.